The Balaban J connectivity index is 2.03. The van der Waals surface area contributed by atoms with Crippen molar-refractivity contribution in [1.29, 1.82) is 0 Å². The second-order valence-electron chi connectivity index (χ2n) is 4.66. The van der Waals surface area contributed by atoms with Gasteiger partial charge in [0.05, 0.1) is 4.34 Å². The molecule has 108 valence electrons. The van der Waals surface area contributed by atoms with E-state index in [1.54, 1.807) is 0 Å². The molecule has 1 unspecified atom stereocenters. The SMILES string of the molecule is CCC(N)Cc1cc(F)cc(OCc2ccc(Cl)s2)c1. The molecule has 0 aliphatic heterocycles. The molecule has 2 nitrogen and oxygen atoms in total. The lowest BCUT2D eigenvalue weighted by molar-refractivity contribution is 0.307. The first kappa shape index (κ1) is 15.3. The second kappa shape index (κ2) is 7.07. The maximum atomic E-state index is 13.6. The standard InChI is InChI=1S/C15H17ClFNOS/c1-2-12(18)6-10-5-11(17)8-13(7-10)19-9-14-3-4-15(16)20-14/h3-5,7-8,12H,2,6,9,18H2,1H3. The summed E-state index contributed by atoms with van der Waals surface area (Å²) in [7, 11) is 0. The first-order valence-corrected chi connectivity index (χ1v) is 7.68. The van der Waals surface area contributed by atoms with Crippen molar-refractivity contribution in [2.75, 3.05) is 0 Å². The molecule has 0 amide bonds. The number of benzene rings is 1. The molecule has 1 heterocycles. The van der Waals surface area contributed by atoms with Gasteiger partial charge >= 0.3 is 0 Å². The molecule has 2 N–H and O–H groups in total. The summed E-state index contributed by atoms with van der Waals surface area (Å²) < 4.78 is 19.9. The number of nitrogens with two attached hydrogens (primary N) is 1. The number of ether oxygens (including phenoxy) is 1. The van der Waals surface area contributed by atoms with Gasteiger partial charge in [-0.05, 0) is 42.7 Å². The molecular weight excluding hydrogens is 297 g/mol. The molecule has 0 saturated heterocycles. The molecule has 0 saturated carbocycles. The van der Waals surface area contributed by atoms with E-state index in [2.05, 4.69) is 0 Å². The lowest BCUT2D eigenvalue weighted by Gasteiger charge is -2.11. The molecule has 20 heavy (non-hydrogen) atoms. The highest BCUT2D eigenvalue weighted by Gasteiger charge is 2.07. The molecule has 2 rings (SSSR count). The third-order valence-corrected chi connectivity index (χ3v) is 4.17. The normalized spacial score (nSPS) is 12.4. The summed E-state index contributed by atoms with van der Waals surface area (Å²) in [6.07, 6.45) is 1.51. The molecule has 0 fully saturated rings. The van der Waals surface area contributed by atoms with Gasteiger partial charge in [0, 0.05) is 17.0 Å². The fraction of sp³-hybridized carbons (Fsp3) is 0.333. The van der Waals surface area contributed by atoms with Crippen molar-refractivity contribution < 1.29 is 9.13 Å². The third kappa shape index (κ3) is 4.47. The van der Waals surface area contributed by atoms with Crippen molar-refractivity contribution in [2.24, 2.45) is 5.73 Å². The average Bonchev–Trinajstić information content (AvgIpc) is 2.81. The Bertz CT molecular complexity index is 573. The third-order valence-electron chi connectivity index (χ3n) is 2.96. The first-order valence-electron chi connectivity index (χ1n) is 6.49. The highest BCUT2D eigenvalue weighted by Crippen LogP contribution is 2.24. The van der Waals surface area contributed by atoms with Gasteiger partial charge in [-0.25, -0.2) is 4.39 Å². The van der Waals surface area contributed by atoms with Crippen molar-refractivity contribution in [2.45, 2.75) is 32.4 Å². The van der Waals surface area contributed by atoms with Crippen molar-refractivity contribution >= 4 is 22.9 Å². The summed E-state index contributed by atoms with van der Waals surface area (Å²) in [6.45, 7) is 2.40. The lowest BCUT2D eigenvalue weighted by atomic mass is 10.0. The molecule has 1 atom stereocenters. The molecular formula is C15H17ClFNOS. The van der Waals surface area contributed by atoms with Gasteiger partial charge in [0.2, 0.25) is 0 Å². The minimum atomic E-state index is -0.301. The van der Waals surface area contributed by atoms with E-state index in [1.807, 2.05) is 25.1 Å². The van der Waals surface area contributed by atoms with Crippen LogP contribution in [0.2, 0.25) is 4.34 Å². The van der Waals surface area contributed by atoms with E-state index in [1.165, 1.54) is 23.5 Å². The topological polar surface area (TPSA) is 35.2 Å². The van der Waals surface area contributed by atoms with E-state index in [0.717, 1.165) is 21.2 Å². The smallest absolute Gasteiger partial charge is 0.127 e. The molecule has 0 spiro atoms. The van der Waals surface area contributed by atoms with Crippen LogP contribution in [-0.4, -0.2) is 6.04 Å². The quantitative estimate of drug-likeness (QED) is 0.858. The van der Waals surface area contributed by atoms with Gasteiger partial charge in [-0.2, -0.15) is 0 Å². The van der Waals surface area contributed by atoms with Crippen LogP contribution in [0, 0.1) is 5.82 Å². The Morgan fingerprint density at radius 3 is 2.80 bits per heavy atom. The van der Waals surface area contributed by atoms with Gasteiger partial charge in [0.1, 0.15) is 18.2 Å². The summed E-state index contributed by atoms with van der Waals surface area (Å²) >= 11 is 7.31. The molecule has 1 aromatic carbocycles. The van der Waals surface area contributed by atoms with Crippen LogP contribution in [-0.2, 0) is 13.0 Å². The van der Waals surface area contributed by atoms with Crippen LogP contribution in [0.15, 0.2) is 30.3 Å². The number of thiophene rings is 1. The highest BCUT2D eigenvalue weighted by molar-refractivity contribution is 7.16. The van der Waals surface area contributed by atoms with Crippen LogP contribution in [0.5, 0.6) is 5.75 Å². The fourth-order valence-electron chi connectivity index (χ4n) is 1.85. The summed E-state index contributed by atoms with van der Waals surface area (Å²) in [5.41, 5.74) is 6.76. The Kier molecular flexibility index (Phi) is 5.40. The zero-order valence-electron chi connectivity index (χ0n) is 11.2. The summed E-state index contributed by atoms with van der Waals surface area (Å²) in [6, 6.07) is 8.50. The predicted octanol–water partition coefficient (Wildman–Crippen LogP) is 4.40. The number of rotatable bonds is 6. The van der Waals surface area contributed by atoms with Gasteiger partial charge in [-0.1, -0.05) is 18.5 Å². The zero-order chi connectivity index (χ0) is 14.5. The Morgan fingerprint density at radius 2 is 2.15 bits per heavy atom. The molecule has 0 aliphatic carbocycles. The largest absolute Gasteiger partial charge is 0.488 e. The summed E-state index contributed by atoms with van der Waals surface area (Å²) in [5, 5.41) is 0. The second-order valence-corrected chi connectivity index (χ2v) is 6.46. The monoisotopic (exact) mass is 313 g/mol. The number of halogens is 2. The van der Waals surface area contributed by atoms with E-state index in [-0.39, 0.29) is 11.9 Å². The molecule has 0 radical (unpaired) electrons. The van der Waals surface area contributed by atoms with Crippen LogP contribution in [0.4, 0.5) is 4.39 Å². The Labute approximate surface area is 127 Å². The van der Waals surface area contributed by atoms with E-state index in [9.17, 15) is 4.39 Å². The van der Waals surface area contributed by atoms with E-state index in [0.29, 0.717) is 18.8 Å². The predicted molar refractivity (Wildman–Crippen MR) is 82.0 cm³/mol. The molecule has 5 heteroatoms. The van der Waals surface area contributed by atoms with Crippen molar-refractivity contribution in [1.82, 2.24) is 0 Å². The van der Waals surface area contributed by atoms with Crippen molar-refractivity contribution in [3.05, 3.63) is 50.9 Å². The van der Waals surface area contributed by atoms with Gasteiger partial charge in [-0.15, -0.1) is 11.3 Å². The molecule has 0 aliphatic rings. The van der Waals surface area contributed by atoms with E-state index >= 15 is 0 Å². The average molecular weight is 314 g/mol. The summed E-state index contributed by atoms with van der Waals surface area (Å²) in [5.74, 6) is 0.220. The Morgan fingerprint density at radius 1 is 1.35 bits per heavy atom. The minimum absolute atomic E-state index is 0.0424. The van der Waals surface area contributed by atoms with E-state index in [4.69, 9.17) is 22.1 Å². The summed E-state index contributed by atoms with van der Waals surface area (Å²) in [4.78, 5) is 1.01. The van der Waals surface area contributed by atoms with Gasteiger partial charge < -0.3 is 10.5 Å². The van der Waals surface area contributed by atoms with Crippen LogP contribution in [0.25, 0.3) is 0 Å². The zero-order valence-corrected chi connectivity index (χ0v) is 12.8. The molecule has 1 aromatic heterocycles. The first-order chi connectivity index (χ1) is 9.56. The van der Waals surface area contributed by atoms with Crippen molar-refractivity contribution in [3.63, 3.8) is 0 Å². The fourth-order valence-corrected chi connectivity index (χ4v) is 2.85. The number of hydrogen-bond donors (Lipinski definition) is 1. The maximum absolute atomic E-state index is 13.6. The van der Waals surface area contributed by atoms with Gasteiger partial charge in [0.25, 0.3) is 0 Å². The highest BCUT2D eigenvalue weighted by atomic mass is 35.5. The molecule has 0 bridgehead atoms. The maximum Gasteiger partial charge on any atom is 0.127 e. The molecule has 2 aromatic rings. The van der Waals surface area contributed by atoms with Crippen LogP contribution in [0.1, 0.15) is 23.8 Å². The minimum Gasteiger partial charge on any atom is -0.488 e. The Hall–Kier alpha value is -1.10. The van der Waals surface area contributed by atoms with E-state index < -0.39 is 0 Å². The van der Waals surface area contributed by atoms with Crippen LogP contribution < -0.4 is 10.5 Å². The number of hydrogen-bond acceptors (Lipinski definition) is 3. The lowest BCUT2D eigenvalue weighted by Crippen LogP contribution is -2.21. The van der Waals surface area contributed by atoms with Crippen molar-refractivity contribution in [3.8, 4) is 5.75 Å². The van der Waals surface area contributed by atoms with Crippen LogP contribution in [0.3, 0.4) is 0 Å². The van der Waals surface area contributed by atoms with Gasteiger partial charge in [0.15, 0.2) is 0 Å². The van der Waals surface area contributed by atoms with Crippen LogP contribution >= 0.6 is 22.9 Å². The van der Waals surface area contributed by atoms with Gasteiger partial charge in [-0.3, -0.25) is 0 Å².